The van der Waals surface area contributed by atoms with E-state index in [1.54, 1.807) is 0 Å². The molecule has 0 fully saturated rings. The maximum atomic E-state index is 11.5. The number of ether oxygens (including phenoxy) is 1. The molecular weight excluding hydrogens is 218 g/mol. The number of hydrogen-bond acceptors (Lipinski definition) is 4. The van der Waals surface area contributed by atoms with Gasteiger partial charge in [-0.15, -0.1) is 0 Å². The molecule has 5 nitrogen and oxygen atoms in total. The minimum atomic E-state index is -0.273. The topological polar surface area (TPSA) is 56.2 Å². The van der Waals surface area contributed by atoms with Crippen LogP contribution < -0.4 is 5.32 Å². The Morgan fingerprint density at radius 2 is 2.29 bits per heavy atom. The molecule has 0 aromatic carbocycles. The number of esters is 1. The number of nitrogens with one attached hydrogen (secondary N) is 1. The van der Waals surface area contributed by atoms with Gasteiger partial charge in [-0.1, -0.05) is 13.8 Å². The van der Waals surface area contributed by atoms with Crippen molar-refractivity contribution in [2.45, 2.75) is 39.9 Å². The Balaban J connectivity index is 2.54. The molecule has 1 N–H and O–H groups in total. The number of methoxy groups -OCH3 is 1. The lowest BCUT2D eigenvalue weighted by Crippen LogP contribution is -2.41. The normalized spacial score (nSPS) is 12.8. The summed E-state index contributed by atoms with van der Waals surface area (Å²) in [5, 5.41) is 7.38. The van der Waals surface area contributed by atoms with Crippen LogP contribution in [0.15, 0.2) is 12.4 Å². The van der Waals surface area contributed by atoms with Crippen LogP contribution in [0.3, 0.4) is 0 Å². The molecule has 96 valence electrons. The van der Waals surface area contributed by atoms with Crippen molar-refractivity contribution >= 4 is 5.97 Å². The minimum absolute atomic E-state index is 0.198. The molecule has 0 saturated heterocycles. The number of hydrogen-bond donors (Lipinski definition) is 1. The number of carbonyl (C=O) groups is 1. The average molecular weight is 239 g/mol. The molecule has 0 amide bonds. The third-order valence-corrected chi connectivity index (χ3v) is 2.66. The summed E-state index contributed by atoms with van der Waals surface area (Å²) in [7, 11) is 1.41. The zero-order valence-electron chi connectivity index (χ0n) is 10.9. The smallest absolute Gasteiger partial charge is 0.323 e. The highest BCUT2D eigenvalue weighted by molar-refractivity contribution is 5.75. The highest BCUT2D eigenvalue weighted by atomic mass is 16.5. The van der Waals surface area contributed by atoms with Crippen molar-refractivity contribution in [1.82, 2.24) is 15.1 Å². The van der Waals surface area contributed by atoms with Gasteiger partial charge in [-0.05, 0) is 12.8 Å². The predicted molar refractivity (Wildman–Crippen MR) is 65.4 cm³/mol. The molecule has 0 aliphatic rings. The first-order valence-electron chi connectivity index (χ1n) is 5.91. The van der Waals surface area contributed by atoms with E-state index in [-0.39, 0.29) is 17.9 Å². The molecule has 0 saturated carbocycles. The van der Waals surface area contributed by atoms with Crippen molar-refractivity contribution < 1.29 is 9.53 Å². The molecule has 1 rings (SSSR count). The second-order valence-corrected chi connectivity index (χ2v) is 4.33. The van der Waals surface area contributed by atoms with Gasteiger partial charge in [-0.3, -0.25) is 14.8 Å². The van der Waals surface area contributed by atoms with Gasteiger partial charge < -0.3 is 4.74 Å². The molecule has 0 unspecified atom stereocenters. The Kier molecular flexibility index (Phi) is 5.15. The van der Waals surface area contributed by atoms with E-state index in [0.29, 0.717) is 6.54 Å². The fourth-order valence-electron chi connectivity index (χ4n) is 1.62. The summed E-state index contributed by atoms with van der Waals surface area (Å²) in [6.07, 6.45) is 3.78. The van der Waals surface area contributed by atoms with Crippen molar-refractivity contribution in [2.24, 2.45) is 5.92 Å². The molecule has 1 atom stereocenters. The van der Waals surface area contributed by atoms with Crippen molar-refractivity contribution in [3.05, 3.63) is 18.0 Å². The van der Waals surface area contributed by atoms with Gasteiger partial charge in [0.1, 0.15) is 6.04 Å². The molecule has 0 bridgehead atoms. The second kappa shape index (κ2) is 6.39. The zero-order chi connectivity index (χ0) is 12.8. The summed E-state index contributed by atoms with van der Waals surface area (Å²) in [6.45, 7) is 7.49. The van der Waals surface area contributed by atoms with E-state index in [2.05, 4.69) is 10.4 Å². The summed E-state index contributed by atoms with van der Waals surface area (Å²) in [6, 6.07) is -0.273. The lowest BCUT2D eigenvalue weighted by molar-refractivity contribution is -0.144. The van der Waals surface area contributed by atoms with Gasteiger partial charge in [-0.2, -0.15) is 5.10 Å². The van der Waals surface area contributed by atoms with E-state index in [4.69, 9.17) is 4.74 Å². The van der Waals surface area contributed by atoms with Crippen LogP contribution >= 0.6 is 0 Å². The van der Waals surface area contributed by atoms with Crippen LogP contribution in [-0.4, -0.2) is 28.9 Å². The first kappa shape index (κ1) is 13.7. The molecule has 1 aromatic heterocycles. The molecule has 0 spiro atoms. The van der Waals surface area contributed by atoms with Crippen LogP contribution in [0.2, 0.25) is 0 Å². The number of rotatable bonds is 6. The van der Waals surface area contributed by atoms with Crippen LogP contribution in [-0.2, 0) is 22.6 Å². The van der Waals surface area contributed by atoms with Crippen LogP contribution in [0.4, 0.5) is 0 Å². The highest BCUT2D eigenvalue weighted by Crippen LogP contribution is 2.05. The predicted octanol–water partition coefficient (Wildman–Crippen LogP) is 1.19. The first-order valence-corrected chi connectivity index (χ1v) is 5.91. The second-order valence-electron chi connectivity index (χ2n) is 4.33. The van der Waals surface area contributed by atoms with Gasteiger partial charge >= 0.3 is 5.97 Å². The maximum Gasteiger partial charge on any atom is 0.323 e. The molecule has 1 aromatic rings. The van der Waals surface area contributed by atoms with Gasteiger partial charge in [-0.25, -0.2) is 0 Å². The summed E-state index contributed by atoms with van der Waals surface area (Å²) < 4.78 is 6.63. The fraction of sp³-hybridized carbons (Fsp3) is 0.667. The standard InChI is InChI=1S/C12H21N3O2/c1-5-15-8-10(7-14-15)6-13-11(9(2)3)12(16)17-4/h7-9,11,13H,5-6H2,1-4H3/t11-/m0/s1. The van der Waals surface area contributed by atoms with E-state index in [9.17, 15) is 4.79 Å². The van der Waals surface area contributed by atoms with Crippen molar-refractivity contribution in [1.29, 1.82) is 0 Å². The SMILES string of the molecule is CCn1cc(CN[C@H](C(=O)OC)C(C)C)cn1. The lowest BCUT2D eigenvalue weighted by Gasteiger charge is -2.19. The molecule has 1 heterocycles. The first-order chi connectivity index (χ1) is 8.08. The summed E-state index contributed by atoms with van der Waals surface area (Å²) in [5.41, 5.74) is 1.07. The molecule has 5 heteroatoms. The third kappa shape index (κ3) is 3.85. The summed E-state index contributed by atoms with van der Waals surface area (Å²) in [5.74, 6) is -0.0217. The van der Waals surface area contributed by atoms with E-state index in [1.807, 2.05) is 37.8 Å². The number of nitrogens with zero attached hydrogens (tertiary/aromatic N) is 2. The number of aromatic nitrogens is 2. The van der Waals surface area contributed by atoms with Gasteiger partial charge in [0.15, 0.2) is 0 Å². The number of aryl methyl sites for hydroxylation is 1. The van der Waals surface area contributed by atoms with Gasteiger partial charge in [0.2, 0.25) is 0 Å². The van der Waals surface area contributed by atoms with Crippen molar-refractivity contribution in [2.75, 3.05) is 7.11 Å². The van der Waals surface area contributed by atoms with Crippen molar-refractivity contribution in [3.8, 4) is 0 Å². The zero-order valence-corrected chi connectivity index (χ0v) is 10.9. The Bertz CT molecular complexity index is 360. The van der Waals surface area contributed by atoms with Gasteiger partial charge in [0, 0.05) is 24.8 Å². The largest absolute Gasteiger partial charge is 0.468 e. The van der Waals surface area contributed by atoms with E-state index in [1.165, 1.54) is 7.11 Å². The monoisotopic (exact) mass is 239 g/mol. The molecule has 0 aliphatic carbocycles. The molecule has 0 aliphatic heterocycles. The minimum Gasteiger partial charge on any atom is -0.468 e. The van der Waals surface area contributed by atoms with Crippen LogP contribution in [0.1, 0.15) is 26.3 Å². The van der Waals surface area contributed by atoms with Crippen LogP contribution in [0, 0.1) is 5.92 Å². The Morgan fingerprint density at radius 1 is 1.59 bits per heavy atom. The van der Waals surface area contributed by atoms with Crippen molar-refractivity contribution in [3.63, 3.8) is 0 Å². The maximum absolute atomic E-state index is 11.5. The molecule has 0 radical (unpaired) electrons. The van der Waals surface area contributed by atoms with Crippen LogP contribution in [0.25, 0.3) is 0 Å². The lowest BCUT2D eigenvalue weighted by atomic mass is 10.0. The van der Waals surface area contributed by atoms with Crippen LogP contribution in [0.5, 0.6) is 0 Å². The number of carbonyl (C=O) groups excluding carboxylic acids is 1. The highest BCUT2D eigenvalue weighted by Gasteiger charge is 2.22. The average Bonchev–Trinajstić information content (AvgIpc) is 2.76. The Morgan fingerprint density at radius 3 is 2.76 bits per heavy atom. The summed E-state index contributed by atoms with van der Waals surface area (Å²) >= 11 is 0. The Labute approximate surface area is 102 Å². The van der Waals surface area contributed by atoms with E-state index >= 15 is 0 Å². The summed E-state index contributed by atoms with van der Waals surface area (Å²) in [4.78, 5) is 11.5. The quantitative estimate of drug-likeness (QED) is 0.758. The Hall–Kier alpha value is -1.36. The van der Waals surface area contributed by atoms with E-state index in [0.717, 1.165) is 12.1 Å². The fourth-order valence-corrected chi connectivity index (χ4v) is 1.62. The third-order valence-electron chi connectivity index (χ3n) is 2.66. The molecular formula is C12H21N3O2. The molecule has 17 heavy (non-hydrogen) atoms. The van der Waals surface area contributed by atoms with Gasteiger partial charge in [0.25, 0.3) is 0 Å². The van der Waals surface area contributed by atoms with E-state index < -0.39 is 0 Å². The van der Waals surface area contributed by atoms with Gasteiger partial charge in [0.05, 0.1) is 13.3 Å².